The number of carbonyl (C=O) groups is 2. The molecule has 4 nitrogen and oxygen atoms in total. The van der Waals surface area contributed by atoms with Crippen LogP contribution in [-0.4, -0.2) is 23.3 Å². The zero-order valence-corrected chi connectivity index (χ0v) is 13.8. The maximum Gasteiger partial charge on any atom is 0.355 e. The molecule has 1 heterocycles. The lowest BCUT2D eigenvalue weighted by molar-refractivity contribution is 0.0498. The Bertz CT molecular complexity index is 777. The average molecular weight is 329 g/mol. The predicted octanol–water partition coefficient (Wildman–Crippen LogP) is 3.94. The van der Waals surface area contributed by atoms with Gasteiger partial charge >= 0.3 is 5.97 Å². The lowest BCUT2D eigenvalue weighted by Gasteiger charge is -2.22. The van der Waals surface area contributed by atoms with Crippen LogP contribution >= 0.6 is 0 Å². The third-order valence-corrected chi connectivity index (χ3v) is 4.47. The molecule has 0 saturated heterocycles. The molecule has 0 bridgehead atoms. The van der Waals surface area contributed by atoms with Crippen LogP contribution in [-0.2, 0) is 11.2 Å². The van der Waals surface area contributed by atoms with E-state index in [0.717, 1.165) is 17.7 Å². The Morgan fingerprint density at radius 3 is 2.67 bits per heavy atom. The summed E-state index contributed by atoms with van der Waals surface area (Å²) in [6.07, 6.45) is 1.73. The van der Waals surface area contributed by atoms with Crippen LogP contribution in [0.15, 0.2) is 24.3 Å². The highest BCUT2D eigenvalue weighted by Crippen LogP contribution is 2.35. The molecule has 1 aromatic heterocycles. The molecule has 0 aliphatic heterocycles. The summed E-state index contributed by atoms with van der Waals surface area (Å²) in [6, 6.07) is 6.24. The molecule has 2 aromatic rings. The third-order valence-electron chi connectivity index (χ3n) is 4.47. The number of esters is 1. The van der Waals surface area contributed by atoms with Crippen molar-refractivity contribution in [3.8, 4) is 0 Å². The Morgan fingerprint density at radius 1 is 1.29 bits per heavy atom. The van der Waals surface area contributed by atoms with E-state index < -0.39 is 5.97 Å². The van der Waals surface area contributed by atoms with Gasteiger partial charge in [-0.05, 0) is 48.9 Å². The number of rotatable bonds is 4. The van der Waals surface area contributed by atoms with Crippen molar-refractivity contribution in [3.05, 3.63) is 58.2 Å². The Kier molecular flexibility index (Phi) is 4.51. The van der Waals surface area contributed by atoms with Crippen LogP contribution < -0.4 is 0 Å². The summed E-state index contributed by atoms with van der Waals surface area (Å²) < 4.78 is 18.3. The molecule has 1 atom stereocenters. The Morgan fingerprint density at radius 2 is 2.00 bits per heavy atom. The quantitative estimate of drug-likeness (QED) is 0.864. The van der Waals surface area contributed by atoms with Crippen LogP contribution in [0, 0.1) is 12.7 Å². The zero-order chi connectivity index (χ0) is 17.3. The number of hydrogen-bond donors (Lipinski definition) is 1. The second-order valence-electron chi connectivity index (χ2n) is 6.19. The number of aromatic amines is 1. The molecule has 1 aliphatic rings. The van der Waals surface area contributed by atoms with E-state index in [-0.39, 0.29) is 17.5 Å². The van der Waals surface area contributed by atoms with Crippen molar-refractivity contribution in [2.24, 2.45) is 0 Å². The summed E-state index contributed by atoms with van der Waals surface area (Å²) in [4.78, 5) is 27.8. The van der Waals surface area contributed by atoms with Gasteiger partial charge in [0.1, 0.15) is 11.5 Å². The molecule has 24 heavy (non-hydrogen) atoms. The van der Waals surface area contributed by atoms with Crippen molar-refractivity contribution < 1.29 is 18.7 Å². The van der Waals surface area contributed by atoms with Gasteiger partial charge in [0.15, 0.2) is 5.78 Å². The molecule has 1 unspecified atom stereocenters. The molecule has 1 aliphatic carbocycles. The molecule has 126 valence electrons. The first-order valence-electron chi connectivity index (χ1n) is 8.18. The second-order valence-corrected chi connectivity index (χ2v) is 6.19. The predicted molar refractivity (Wildman–Crippen MR) is 87.9 cm³/mol. The molecule has 0 saturated carbocycles. The van der Waals surface area contributed by atoms with E-state index in [2.05, 4.69) is 4.98 Å². The molecule has 0 fully saturated rings. The van der Waals surface area contributed by atoms with E-state index in [4.69, 9.17) is 4.74 Å². The number of nitrogens with one attached hydrogen (secondary N) is 1. The molecule has 1 aromatic carbocycles. The van der Waals surface area contributed by atoms with Gasteiger partial charge in [0.25, 0.3) is 0 Å². The van der Waals surface area contributed by atoms with Gasteiger partial charge in [0, 0.05) is 17.7 Å². The molecule has 0 spiro atoms. The van der Waals surface area contributed by atoms with Crippen LogP contribution in [0.2, 0.25) is 0 Å². The van der Waals surface area contributed by atoms with Crippen molar-refractivity contribution in [2.75, 3.05) is 6.61 Å². The molecular formula is C19H20FNO3. The fraction of sp³-hybridized carbons (Fsp3) is 0.368. The lowest BCUT2D eigenvalue weighted by atomic mass is 9.81. The fourth-order valence-electron chi connectivity index (χ4n) is 3.28. The Balaban J connectivity index is 1.89. The summed E-state index contributed by atoms with van der Waals surface area (Å²) >= 11 is 0. The standard InChI is InChI=1S/C19H20FNO3/c1-3-8-24-19(23)18-11(2)17-15(21-18)9-13(10-16(17)22)12-4-6-14(20)7-5-12/h4-7,13,21H,3,8-10H2,1-2H3. The van der Waals surface area contributed by atoms with Gasteiger partial charge < -0.3 is 9.72 Å². The van der Waals surface area contributed by atoms with E-state index in [1.54, 1.807) is 19.1 Å². The van der Waals surface area contributed by atoms with E-state index in [9.17, 15) is 14.0 Å². The van der Waals surface area contributed by atoms with Gasteiger partial charge in [0.2, 0.25) is 0 Å². The van der Waals surface area contributed by atoms with Crippen molar-refractivity contribution >= 4 is 11.8 Å². The minimum Gasteiger partial charge on any atom is -0.461 e. The van der Waals surface area contributed by atoms with Crippen molar-refractivity contribution in [1.29, 1.82) is 0 Å². The van der Waals surface area contributed by atoms with Gasteiger partial charge in [-0.2, -0.15) is 0 Å². The minimum atomic E-state index is -0.421. The summed E-state index contributed by atoms with van der Waals surface area (Å²) in [5.41, 5.74) is 3.33. The Labute approximate surface area is 140 Å². The second kappa shape index (κ2) is 6.59. The van der Waals surface area contributed by atoms with Gasteiger partial charge in [-0.15, -0.1) is 0 Å². The molecule has 3 rings (SSSR count). The zero-order valence-electron chi connectivity index (χ0n) is 13.8. The highest BCUT2D eigenvalue weighted by atomic mass is 19.1. The SMILES string of the molecule is CCCOC(=O)c1[nH]c2c(c1C)C(=O)CC(c1ccc(F)cc1)C2. The topological polar surface area (TPSA) is 59.2 Å². The van der Waals surface area contributed by atoms with Crippen LogP contribution in [0.4, 0.5) is 4.39 Å². The van der Waals surface area contributed by atoms with E-state index >= 15 is 0 Å². The van der Waals surface area contributed by atoms with E-state index in [1.165, 1.54) is 12.1 Å². The van der Waals surface area contributed by atoms with Gasteiger partial charge in [0.05, 0.1) is 6.61 Å². The first-order valence-corrected chi connectivity index (χ1v) is 8.18. The summed E-state index contributed by atoms with van der Waals surface area (Å²) in [5, 5.41) is 0. The summed E-state index contributed by atoms with van der Waals surface area (Å²) in [6.45, 7) is 4.05. The summed E-state index contributed by atoms with van der Waals surface area (Å²) in [5.74, 6) is -0.717. The first-order chi connectivity index (χ1) is 11.5. The molecule has 5 heteroatoms. The highest BCUT2D eigenvalue weighted by molar-refractivity contribution is 6.03. The largest absolute Gasteiger partial charge is 0.461 e. The maximum absolute atomic E-state index is 13.1. The minimum absolute atomic E-state index is 0.00821. The van der Waals surface area contributed by atoms with Gasteiger partial charge in [-0.1, -0.05) is 19.1 Å². The van der Waals surface area contributed by atoms with Crippen molar-refractivity contribution in [2.45, 2.75) is 39.0 Å². The van der Waals surface area contributed by atoms with Gasteiger partial charge in [-0.25, -0.2) is 9.18 Å². The average Bonchev–Trinajstić information content (AvgIpc) is 2.90. The molecule has 0 radical (unpaired) electrons. The number of Topliss-reactive ketones (excluding diaryl/α,β-unsaturated/α-hetero) is 1. The number of halogens is 1. The van der Waals surface area contributed by atoms with Crippen LogP contribution in [0.5, 0.6) is 0 Å². The highest BCUT2D eigenvalue weighted by Gasteiger charge is 2.32. The normalized spacial score (nSPS) is 16.8. The van der Waals surface area contributed by atoms with E-state index in [1.807, 2.05) is 6.92 Å². The van der Waals surface area contributed by atoms with Crippen LogP contribution in [0.3, 0.4) is 0 Å². The Hall–Kier alpha value is -2.43. The number of fused-ring (bicyclic) bond motifs is 1. The maximum atomic E-state index is 13.1. The smallest absolute Gasteiger partial charge is 0.355 e. The van der Waals surface area contributed by atoms with Gasteiger partial charge in [-0.3, -0.25) is 4.79 Å². The number of hydrogen-bond acceptors (Lipinski definition) is 3. The van der Waals surface area contributed by atoms with Crippen molar-refractivity contribution in [3.63, 3.8) is 0 Å². The lowest BCUT2D eigenvalue weighted by Crippen LogP contribution is -2.18. The number of aromatic nitrogens is 1. The van der Waals surface area contributed by atoms with Crippen molar-refractivity contribution in [1.82, 2.24) is 4.98 Å². The number of carbonyl (C=O) groups excluding carboxylic acids is 2. The number of H-pyrrole nitrogens is 1. The fourth-order valence-corrected chi connectivity index (χ4v) is 3.28. The summed E-state index contributed by atoms with van der Waals surface area (Å²) in [7, 11) is 0. The monoisotopic (exact) mass is 329 g/mol. The third kappa shape index (κ3) is 2.98. The number of ether oxygens (including phenoxy) is 1. The number of benzene rings is 1. The van der Waals surface area contributed by atoms with Crippen LogP contribution in [0.1, 0.15) is 63.4 Å². The molecular weight excluding hydrogens is 309 g/mol. The molecule has 1 N–H and O–H groups in total. The molecule has 0 amide bonds. The van der Waals surface area contributed by atoms with Crippen LogP contribution in [0.25, 0.3) is 0 Å². The number of ketones is 1. The first kappa shape index (κ1) is 16.4. The van der Waals surface area contributed by atoms with E-state index in [0.29, 0.717) is 36.3 Å².